The fourth-order valence-electron chi connectivity index (χ4n) is 2.12. The number of alkyl halides is 3. The van der Waals surface area contributed by atoms with Crippen molar-refractivity contribution in [3.8, 4) is 0 Å². The summed E-state index contributed by atoms with van der Waals surface area (Å²) in [5, 5.41) is 7.99. The van der Waals surface area contributed by atoms with Crippen LogP contribution in [0.2, 0.25) is 0 Å². The van der Waals surface area contributed by atoms with Crippen LogP contribution in [0.4, 0.5) is 18.3 Å². The number of hydrogen-bond donors (Lipinski definition) is 1. The second-order valence-electron chi connectivity index (χ2n) is 5.39. The van der Waals surface area contributed by atoms with Crippen LogP contribution in [0, 0.1) is 6.92 Å². The van der Waals surface area contributed by atoms with Crippen LogP contribution in [0.5, 0.6) is 0 Å². The Hall–Kier alpha value is -1.95. The number of halogens is 4. The van der Waals surface area contributed by atoms with Gasteiger partial charge in [-0.25, -0.2) is 4.98 Å². The SMILES string of the molecule is CCOC(=O)Cc1csc(NC(=O)CCn2nc(C(F)(F)F)c(Br)c2C)n1. The molecule has 0 unspecified atom stereocenters. The van der Waals surface area contributed by atoms with E-state index in [-0.39, 0.29) is 36.2 Å². The van der Waals surface area contributed by atoms with E-state index in [2.05, 4.69) is 31.3 Å². The van der Waals surface area contributed by atoms with Gasteiger partial charge in [-0.05, 0) is 29.8 Å². The van der Waals surface area contributed by atoms with Gasteiger partial charge in [0.05, 0.1) is 35.4 Å². The minimum absolute atomic E-state index is 0.000931. The fraction of sp³-hybridized carbons (Fsp3) is 0.467. The van der Waals surface area contributed by atoms with Crippen molar-refractivity contribution in [2.45, 2.75) is 39.4 Å². The number of anilines is 1. The van der Waals surface area contributed by atoms with Gasteiger partial charge < -0.3 is 10.1 Å². The number of nitrogens with zero attached hydrogens (tertiary/aromatic N) is 3. The van der Waals surface area contributed by atoms with Crippen LogP contribution in [-0.4, -0.2) is 33.2 Å². The fourth-order valence-corrected chi connectivity index (χ4v) is 3.35. The highest BCUT2D eigenvalue weighted by molar-refractivity contribution is 9.10. The third kappa shape index (κ3) is 5.76. The van der Waals surface area contributed by atoms with E-state index in [1.807, 2.05) is 0 Å². The minimum Gasteiger partial charge on any atom is -0.466 e. The minimum atomic E-state index is -4.58. The maximum atomic E-state index is 12.8. The van der Waals surface area contributed by atoms with Crippen molar-refractivity contribution in [1.82, 2.24) is 14.8 Å². The van der Waals surface area contributed by atoms with E-state index in [4.69, 9.17) is 4.74 Å². The molecular formula is C15H16BrF3N4O3S. The van der Waals surface area contributed by atoms with Gasteiger partial charge in [0.25, 0.3) is 0 Å². The number of carbonyl (C=O) groups excluding carboxylic acids is 2. The summed E-state index contributed by atoms with van der Waals surface area (Å²) >= 11 is 4.02. The molecule has 0 aliphatic rings. The van der Waals surface area contributed by atoms with Crippen LogP contribution < -0.4 is 5.32 Å². The largest absolute Gasteiger partial charge is 0.466 e. The summed E-state index contributed by atoms with van der Waals surface area (Å²) in [4.78, 5) is 27.5. The second-order valence-corrected chi connectivity index (χ2v) is 7.04. The molecule has 0 saturated carbocycles. The molecule has 0 spiro atoms. The molecule has 27 heavy (non-hydrogen) atoms. The van der Waals surface area contributed by atoms with Crippen LogP contribution >= 0.6 is 27.3 Å². The number of nitrogens with one attached hydrogen (secondary N) is 1. The molecule has 2 aromatic rings. The molecule has 0 fully saturated rings. The van der Waals surface area contributed by atoms with Crippen molar-refractivity contribution in [3.05, 3.63) is 26.9 Å². The molecule has 0 atom stereocenters. The number of aromatic nitrogens is 3. The Morgan fingerprint density at radius 2 is 2.11 bits per heavy atom. The van der Waals surface area contributed by atoms with Gasteiger partial charge in [-0.2, -0.15) is 18.3 Å². The lowest BCUT2D eigenvalue weighted by Crippen LogP contribution is -2.16. The highest BCUT2D eigenvalue weighted by Crippen LogP contribution is 2.35. The first-order chi connectivity index (χ1) is 12.6. The lowest BCUT2D eigenvalue weighted by atomic mass is 10.3. The molecule has 12 heteroatoms. The first kappa shape index (κ1) is 21.4. The Bertz CT molecular complexity index is 835. The third-order valence-corrected chi connectivity index (χ3v) is 5.14. The summed E-state index contributed by atoms with van der Waals surface area (Å²) in [6.07, 6.45) is -4.66. The van der Waals surface area contributed by atoms with Crippen molar-refractivity contribution in [2.24, 2.45) is 0 Å². The van der Waals surface area contributed by atoms with E-state index >= 15 is 0 Å². The highest BCUT2D eigenvalue weighted by Gasteiger charge is 2.37. The number of aryl methyl sites for hydroxylation is 1. The number of thiazole rings is 1. The molecule has 0 aliphatic heterocycles. The van der Waals surface area contributed by atoms with Gasteiger partial charge in [0, 0.05) is 11.8 Å². The van der Waals surface area contributed by atoms with Gasteiger partial charge in [0.1, 0.15) is 0 Å². The maximum Gasteiger partial charge on any atom is 0.436 e. The van der Waals surface area contributed by atoms with Gasteiger partial charge in [-0.1, -0.05) is 0 Å². The van der Waals surface area contributed by atoms with E-state index in [1.165, 1.54) is 6.92 Å². The Kier molecular flexibility index (Phi) is 6.98. The lowest BCUT2D eigenvalue weighted by molar-refractivity contribution is -0.143. The van der Waals surface area contributed by atoms with E-state index in [0.29, 0.717) is 10.8 Å². The van der Waals surface area contributed by atoms with E-state index in [9.17, 15) is 22.8 Å². The van der Waals surface area contributed by atoms with Gasteiger partial charge in [0.2, 0.25) is 5.91 Å². The zero-order chi connectivity index (χ0) is 20.2. The molecular weight excluding hydrogens is 453 g/mol. The first-order valence-corrected chi connectivity index (χ1v) is 9.49. The van der Waals surface area contributed by atoms with Crippen molar-refractivity contribution in [2.75, 3.05) is 11.9 Å². The predicted molar refractivity (Wildman–Crippen MR) is 95.4 cm³/mol. The molecule has 7 nitrogen and oxygen atoms in total. The summed E-state index contributed by atoms with van der Waals surface area (Å²) in [7, 11) is 0. The summed E-state index contributed by atoms with van der Waals surface area (Å²) in [5.41, 5.74) is -0.277. The topological polar surface area (TPSA) is 86.1 Å². The van der Waals surface area contributed by atoms with Crippen LogP contribution in [0.1, 0.15) is 30.4 Å². The van der Waals surface area contributed by atoms with Crippen LogP contribution in [0.15, 0.2) is 9.85 Å². The number of carbonyl (C=O) groups is 2. The Morgan fingerprint density at radius 1 is 1.41 bits per heavy atom. The van der Waals surface area contributed by atoms with Crippen LogP contribution in [-0.2, 0) is 33.5 Å². The normalized spacial score (nSPS) is 11.5. The Morgan fingerprint density at radius 3 is 2.70 bits per heavy atom. The molecule has 0 saturated heterocycles. The maximum absolute atomic E-state index is 12.8. The van der Waals surface area contributed by atoms with Crippen molar-refractivity contribution < 1.29 is 27.5 Å². The van der Waals surface area contributed by atoms with Crippen molar-refractivity contribution in [1.29, 1.82) is 0 Å². The van der Waals surface area contributed by atoms with Gasteiger partial charge in [0.15, 0.2) is 10.8 Å². The third-order valence-electron chi connectivity index (χ3n) is 3.38. The summed E-state index contributed by atoms with van der Waals surface area (Å²) in [5.74, 6) is -0.840. The summed E-state index contributed by atoms with van der Waals surface area (Å²) < 4.78 is 44.3. The average Bonchev–Trinajstić information content (AvgIpc) is 3.11. The molecule has 2 aromatic heterocycles. The van der Waals surface area contributed by atoms with Gasteiger partial charge in [-0.3, -0.25) is 14.3 Å². The zero-order valence-corrected chi connectivity index (χ0v) is 16.8. The Labute approximate surface area is 165 Å². The summed E-state index contributed by atoms with van der Waals surface area (Å²) in [6, 6.07) is 0. The number of esters is 1. The van der Waals surface area contributed by atoms with Gasteiger partial charge in [-0.15, -0.1) is 11.3 Å². The molecule has 1 amide bonds. The van der Waals surface area contributed by atoms with Crippen molar-refractivity contribution in [3.63, 3.8) is 0 Å². The molecule has 0 aliphatic carbocycles. The number of ether oxygens (including phenoxy) is 1. The first-order valence-electron chi connectivity index (χ1n) is 7.81. The van der Waals surface area contributed by atoms with E-state index < -0.39 is 23.7 Å². The monoisotopic (exact) mass is 468 g/mol. The highest BCUT2D eigenvalue weighted by atomic mass is 79.9. The Balaban J connectivity index is 1.92. The molecule has 148 valence electrons. The van der Waals surface area contributed by atoms with Crippen LogP contribution in [0.3, 0.4) is 0 Å². The van der Waals surface area contributed by atoms with E-state index in [1.54, 1.807) is 12.3 Å². The quantitative estimate of drug-likeness (QED) is 0.627. The average molecular weight is 469 g/mol. The second kappa shape index (κ2) is 8.83. The van der Waals surface area contributed by atoms with Crippen molar-refractivity contribution >= 4 is 44.3 Å². The number of amides is 1. The summed E-state index contributed by atoms with van der Waals surface area (Å²) in [6.45, 7) is 3.42. The standard InChI is InChI=1S/C15H16BrF3N4O3S/c1-3-26-11(25)6-9-7-27-14(20-9)21-10(24)4-5-23-8(2)12(16)13(22-23)15(17,18)19/h7H,3-6H2,1-2H3,(H,20,21,24). The molecule has 0 aromatic carbocycles. The molecule has 0 bridgehead atoms. The predicted octanol–water partition coefficient (Wildman–Crippen LogP) is 3.56. The number of hydrogen-bond acceptors (Lipinski definition) is 6. The van der Waals surface area contributed by atoms with Gasteiger partial charge >= 0.3 is 12.1 Å². The lowest BCUT2D eigenvalue weighted by Gasteiger charge is -2.05. The molecule has 2 heterocycles. The molecule has 0 radical (unpaired) electrons. The zero-order valence-electron chi connectivity index (χ0n) is 14.4. The smallest absolute Gasteiger partial charge is 0.436 e. The van der Waals surface area contributed by atoms with Crippen LogP contribution in [0.25, 0.3) is 0 Å². The molecule has 1 N–H and O–H groups in total. The molecule has 2 rings (SSSR count). The number of rotatable bonds is 7. The van der Waals surface area contributed by atoms with E-state index in [0.717, 1.165) is 16.0 Å².